The van der Waals surface area contributed by atoms with Crippen molar-refractivity contribution in [1.82, 2.24) is 0 Å². The molecule has 0 aliphatic carbocycles. The van der Waals surface area contributed by atoms with Crippen LogP contribution in [0.15, 0.2) is 11.6 Å². The maximum absolute atomic E-state index is 9.17. The van der Waals surface area contributed by atoms with Crippen molar-refractivity contribution in [3.05, 3.63) is 11.6 Å². The molecule has 0 aromatic rings. The van der Waals surface area contributed by atoms with Gasteiger partial charge < -0.3 is 5.11 Å². The molecule has 0 bridgehead atoms. The predicted molar refractivity (Wildman–Crippen MR) is 49.5 cm³/mol. The van der Waals surface area contributed by atoms with Crippen LogP contribution in [0.1, 0.15) is 40.5 Å². The zero-order chi connectivity index (χ0) is 8.85. The third-order valence-electron chi connectivity index (χ3n) is 2.00. The first-order valence-corrected chi connectivity index (χ1v) is 4.35. The minimum atomic E-state index is -0.166. The van der Waals surface area contributed by atoms with Crippen LogP contribution in [0.25, 0.3) is 0 Å². The van der Waals surface area contributed by atoms with Gasteiger partial charge in [0.15, 0.2) is 0 Å². The summed E-state index contributed by atoms with van der Waals surface area (Å²) in [6.07, 6.45) is 4.23. The van der Waals surface area contributed by atoms with Gasteiger partial charge >= 0.3 is 0 Å². The number of aliphatic hydroxyl groups excluding tert-OH is 1. The molecule has 0 fully saturated rings. The molecule has 1 nitrogen and oxygen atoms in total. The minimum Gasteiger partial charge on any atom is -0.393 e. The zero-order valence-electron chi connectivity index (χ0n) is 8.09. The van der Waals surface area contributed by atoms with Gasteiger partial charge in [-0.05, 0) is 39.5 Å². The fourth-order valence-electron chi connectivity index (χ4n) is 0.876. The Balaban J connectivity index is 3.47. The SMILES string of the molecule is CC(C)=CCC[C@@H](C)[C@H](C)O. The first kappa shape index (κ1) is 10.7. The Morgan fingerprint density at radius 2 is 1.91 bits per heavy atom. The van der Waals surface area contributed by atoms with Gasteiger partial charge in [-0.2, -0.15) is 0 Å². The molecule has 0 aromatic heterocycles. The predicted octanol–water partition coefficient (Wildman–Crippen LogP) is 2.75. The molecule has 0 unspecified atom stereocenters. The van der Waals surface area contributed by atoms with Crippen LogP contribution in [0.4, 0.5) is 0 Å². The highest BCUT2D eigenvalue weighted by atomic mass is 16.3. The van der Waals surface area contributed by atoms with Crippen molar-refractivity contribution in [2.45, 2.75) is 46.6 Å². The number of hydrogen-bond acceptors (Lipinski definition) is 1. The van der Waals surface area contributed by atoms with Gasteiger partial charge in [0.25, 0.3) is 0 Å². The van der Waals surface area contributed by atoms with Crippen LogP contribution in [-0.4, -0.2) is 11.2 Å². The van der Waals surface area contributed by atoms with E-state index in [0.29, 0.717) is 5.92 Å². The molecule has 0 aromatic carbocycles. The minimum absolute atomic E-state index is 0.166. The molecule has 2 atom stereocenters. The summed E-state index contributed by atoms with van der Waals surface area (Å²) in [7, 11) is 0. The van der Waals surface area contributed by atoms with Crippen LogP contribution in [0.5, 0.6) is 0 Å². The molecule has 0 spiro atoms. The van der Waals surface area contributed by atoms with Gasteiger partial charge in [-0.15, -0.1) is 0 Å². The van der Waals surface area contributed by atoms with E-state index in [0.717, 1.165) is 12.8 Å². The summed E-state index contributed by atoms with van der Waals surface area (Å²) in [5.74, 6) is 0.422. The molecule has 1 N–H and O–H groups in total. The summed E-state index contributed by atoms with van der Waals surface area (Å²) in [4.78, 5) is 0. The molecule has 0 heterocycles. The molecule has 0 saturated heterocycles. The lowest BCUT2D eigenvalue weighted by Gasteiger charge is -2.12. The molecule has 0 rings (SSSR count). The van der Waals surface area contributed by atoms with E-state index in [-0.39, 0.29) is 6.10 Å². The first-order valence-electron chi connectivity index (χ1n) is 4.35. The van der Waals surface area contributed by atoms with E-state index in [1.807, 2.05) is 6.92 Å². The van der Waals surface area contributed by atoms with Gasteiger partial charge in [0, 0.05) is 0 Å². The summed E-state index contributed by atoms with van der Waals surface area (Å²) in [5, 5.41) is 9.17. The Kier molecular flexibility index (Phi) is 5.22. The third kappa shape index (κ3) is 6.11. The molecular weight excluding hydrogens is 136 g/mol. The molecule has 0 radical (unpaired) electrons. The first-order chi connectivity index (χ1) is 5.04. The van der Waals surface area contributed by atoms with Crippen molar-refractivity contribution in [2.24, 2.45) is 5.92 Å². The van der Waals surface area contributed by atoms with Crippen LogP contribution in [0.3, 0.4) is 0 Å². The zero-order valence-corrected chi connectivity index (χ0v) is 8.09. The van der Waals surface area contributed by atoms with Crippen LogP contribution in [0, 0.1) is 5.92 Å². The van der Waals surface area contributed by atoms with E-state index in [4.69, 9.17) is 5.11 Å². The van der Waals surface area contributed by atoms with Crippen molar-refractivity contribution in [3.8, 4) is 0 Å². The molecule has 1 heteroatoms. The van der Waals surface area contributed by atoms with Crippen LogP contribution in [0.2, 0.25) is 0 Å². The smallest absolute Gasteiger partial charge is 0.0537 e. The van der Waals surface area contributed by atoms with Crippen molar-refractivity contribution >= 4 is 0 Å². The number of rotatable bonds is 4. The van der Waals surface area contributed by atoms with E-state index in [1.54, 1.807) is 0 Å². The van der Waals surface area contributed by atoms with Gasteiger partial charge in [0.2, 0.25) is 0 Å². The van der Waals surface area contributed by atoms with Gasteiger partial charge in [-0.3, -0.25) is 0 Å². The summed E-state index contributed by atoms with van der Waals surface area (Å²) in [6.45, 7) is 8.15. The van der Waals surface area contributed by atoms with Crippen molar-refractivity contribution in [3.63, 3.8) is 0 Å². The normalized spacial score (nSPS) is 15.7. The quantitative estimate of drug-likeness (QED) is 0.620. The second-order valence-electron chi connectivity index (χ2n) is 3.58. The van der Waals surface area contributed by atoms with Crippen molar-refractivity contribution in [2.75, 3.05) is 0 Å². The van der Waals surface area contributed by atoms with Gasteiger partial charge in [0.1, 0.15) is 0 Å². The van der Waals surface area contributed by atoms with Gasteiger partial charge in [-0.1, -0.05) is 18.6 Å². The third-order valence-corrected chi connectivity index (χ3v) is 2.00. The van der Waals surface area contributed by atoms with E-state index in [9.17, 15) is 0 Å². The highest BCUT2D eigenvalue weighted by Gasteiger charge is 2.06. The maximum atomic E-state index is 9.17. The highest BCUT2D eigenvalue weighted by Crippen LogP contribution is 2.11. The molecule has 0 saturated carbocycles. The average molecular weight is 156 g/mol. The Morgan fingerprint density at radius 3 is 2.27 bits per heavy atom. The molecule has 11 heavy (non-hydrogen) atoms. The lowest BCUT2D eigenvalue weighted by Crippen LogP contribution is -2.12. The fraction of sp³-hybridized carbons (Fsp3) is 0.800. The lowest BCUT2D eigenvalue weighted by atomic mass is 10.00. The average Bonchev–Trinajstić information content (AvgIpc) is 1.86. The molecule has 0 aliphatic rings. The van der Waals surface area contributed by atoms with E-state index < -0.39 is 0 Å². The second kappa shape index (κ2) is 5.36. The van der Waals surface area contributed by atoms with Crippen LogP contribution >= 0.6 is 0 Å². The van der Waals surface area contributed by atoms with Gasteiger partial charge in [0.05, 0.1) is 6.10 Å². The molecule has 0 aliphatic heterocycles. The van der Waals surface area contributed by atoms with E-state index in [2.05, 4.69) is 26.8 Å². The monoisotopic (exact) mass is 156 g/mol. The molecular formula is C10H20O. The highest BCUT2D eigenvalue weighted by molar-refractivity contribution is 4.92. The van der Waals surface area contributed by atoms with Crippen LogP contribution in [-0.2, 0) is 0 Å². The standard InChI is InChI=1S/C10H20O/c1-8(2)6-5-7-9(3)10(4)11/h6,9-11H,5,7H2,1-4H3/t9-,10+/m1/s1. The van der Waals surface area contributed by atoms with Crippen molar-refractivity contribution < 1.29 is 5.11 Å². The van der Waals surface area contributed by atoms with Crippen molar-refractivity contribution in [1.29, 1.82) is 0 Å². The Labute approximate surface area is 70.1 Å². The molecule has 66 valence electrons. The Bertz CT molecular complexity index is 121. The number of hydrogen-bond donors (Lipinski definition) is 1. The summed E-state index contributed by atoms with van der Waals surface area (Å²) < 4.78 is 0. The number of allylic oxidation sites excluding steroid dienone is 2. The van der Waals surface area contributed by atoms with E-state index >= 15 is 0 Å². The maximum Gasteiger partial charge on any atom is 0.0537 e. The summed E-state index contributed by atoms with van der Waals surface area (Å²) >= 11 is 0. The Morgan fingerprint density at radius 1 is 1.36 bits per heavy atom. The number of aliphatic hydroxyl groups is 1. The van der Waals surface area contributed by atoms with E-state index in [1.165, 1.54) is 5.57 Å². The van der Waals surface area contributed by atoms with Crippen LogP contribution < -0.4 is 0 Å². The largest absolute Gasteiger partial charge is 0.393 e. The fourth-order valence-corrected chi connectivity index (χ4v) is 0.876. The van der Waals surface area contributed by atoms with Gasteiger partial charge in [-0.25, -0.2) is 0 Å². The molecule has 0 amide bonds. The summed E-state index contributed by atoms with van der Waals surface area (Å²) in [6, 6.07) is 0. The second-order valence-corrected chi connectivity index (χ2v) is 3.58. The lowest BCUT2D eigenvalue weighted by molar-refractivity contribution is 0.130. The Hall–Kier alpha value is -0.300. The topological polar surface area (TPSA) is 20.2 Å². The summed E-state index contributed by atoms with van der Waals surface area (Å²) in [5.41, 5.74) is 1.36.